The fourth-order valence-electron chi connectivity index (χ4n) is 3.48. The summed E-state index contributed by atoms with van der Waals surface area (Å²) >= 11 is 0. The average molecular weight is 372 g/mol. The SMILES string of the molecule is C=C(C=CC(=C(C)C#N)c1ccc2cc(N3CCN(C)CC3)ccc2c1)CC. The fourth-order valence-corrected chi connectivity index (χ4v) is 3.48. The third-order valence-electron chi connectivity index (χ3n) is 5.51. The van der Waals surface area contributed by atoms with Gasteiger partial charge in [0.25, 0.3) is 0 Å². The number of hydrogen-bond donors (Lipinski definition) is 0. The van der Waals surface area contributed by atoms with Gasteiger partial charge in [0.05, 0.1) is 6.07 Å². The second-order valence-electron chi connectivity index (χ2n) is 7.53. The molecule has 0 atom stereocenters. The Bertz CT molecular complexity index is 967. The number of rotatable bonds is 5. The molecule has 0 aromatic heterocycles. The van der Waals surface area contributed by atoms with Crippen LogP contribution in [0.5, 0.6) is 0 Å². The lowest BCUT2D eigenvalue weighted by Gasteiger charge is -2.34. The molecule has 0 unspecified atom stereocenters. The second kappa shape index (κ2) is 8.91. The van der Waals surface area contributed by atoms with Gasteiger partial charge in [0.1, 0.15) is 0 Å². The zero-order valence-electron chi connectivity index (χ0n) is 17.2. The maximum atomic E-state index is 9.43. The summed E-state index contributed by atoms with van der Waals surface area (Å²) in [5.74, 6) is 0. The first-order valence-electron chi connectivity index (χ1n) is 9.96. The Morgan fingerprint density at radius 1 is 1.07 bits per heavy atom. The molecule has 0 bridgehead atoms. The number of anilines is 1. The van der Waals surface area contributed by atoms with E-state index in [0.29, 0.717) is 5.57 Å². The van der Waals surface area contributed by atoms with Crippen LogP contribution in [-0.2, 0) is 0 Å². The minimum absolute atomic E-state index is 0.716. The van der Waals surface area contributed by atoms with Gasteiger partial charge in [0.15, 0.2) is 0 Å². The standard InChI is InChI=1S/C25H29N3/c1-5-19(2)6-11-25(20(3)18-26)23-8-7-22-17-24(10-9-21(22)16-23)28-14-12-27(4)13-15-28/h6-11,16-17H,2,5,12-15H2,1,3-4H3. The number of nitrogens with zero attached hydrogens (tertiary/aromatic N) is 3. The molecule has 0 radical (unpaired) electrons. The Kier molecular flexibility index (Phi) is 6.34. The minimum Gasteiger partial charge on any atom is -0.369 e. The molecule has 0 spiro atoms. The number of likely N-dealkylation sites (N-methyl/N-ethyl adjacent to an activating group) is 1. The van der Waals surface area contributed by atoms with Crippen molar-refractivity contribution >= 4 is 22.0 Å². The Labute approximate surface area is 168 Å². The van der Waals surface area contributed by atoms with E-state index < -0.39 is 0 Å². The van der Waals surface area contributed by atoms with E-state index in [1.807, 2.05) is 19.1 Å². The molecule has 0 saturated carbocycles. The summed E-state index contributed by atoms with van der Waals surface area (Å²) in [6.45, 7) is 12.3. The van der Waals surface area contributed by atoms with Gasteiger partial charge in [-0.25, -0.2) is 0 Å². The molecule has 0 amide bonds. The van der Waals surface area contributed by atoms with Crippen LogP contribution in [0.3, 0.4) is 0 Å². The van der Waals surface area contributed by atoms with Crippen LogP contribution in [0.15, 0.2) is 66.3 Å². The largest absolute Gasteiger partial charge is 0.369 e. The number of allylic oxidation sites excluding steroid dienone is 5. The van der Waals surface area contributed by atoms with Gasteiger partial charge < -0.3 is 9.80 Å². The molecule has 1 fully saturated rings. The lowest BCUT2D eigenvalue weighted by Crippen LogP contribution is -2.44. The zero-order valence-corrected chi connectivity index (χ0v) is 17.2. The van der Waals surface area contributed by atoms with Crippen molar-refractivity contribution in [1.29, 1.82) is 5.26 Å². The third-order valence-corrected chi connectivity index (χ3v) is 5.51. The molecule has 0 N–H and O–H groups in total. The Hall–Kier alpha value is -2.83. The molecule has 1 aliphatic heterocycles. The van der Waals surface area contributed by atoms with Crippen LogP contribution < -0.4 is 4.90 Å². The Morgan fingerprint density at radius 2 is 1.75 bits per heavy atom. The van der Waals surface area contributed by atoms with E-state index in [-0.39, 0.29) is 0 Å². The van der Waals surface area contributed by atoms with Crippen molar-refractivity contribution in [2.75, 3.05) is 38.1 Å². The molecule has 3 rings (SSSR count). The summed E-state index contributed by atoms with van der Waals surface area (Å²) in [5, 5.41) is 11.9. The Morgan fingerprint density at radius 3 is 2.43 bits per heavy atom. The maximum absolute atomic E-state index is 9.43. The molecular weight excluding hydrogens is 342 g/mol. The number of hydrogen-bond acceptors (Lipinski definition) is 3. The molecule has 1 aliphatic rings. The van der Waals surface area contributed by atoms with Crippen LogP contribution in [0.25, 0.3) is 16.3 Å². The van der Waals surface area contributed by atoms with Crippen LogP contribution >= 0.6 is 0 Å². The van der Waals surface area contributed by atoms with Crippen molar-refractivity contribution in [3.8, 4) is 6.07 Å². The van der Waals surface area contributed by atoms with Crippen molar-refractivity contribution in [2.24, 2.45) is 0 Å². The minimum atomic E-state index is 0.716. The van der Waals surface area contributed by atoms with Crippen LogP contribution in [0.4, 0.5) is 5.69 Å². The van der Waals surface area contributed by atoms with Gasteiger partial charge in [-0.2, -0.15) is 5.26 Å². The number of benzene rings is 2. The highest BCUT2D eigenvalue weighted by atomic mass is 15.2. The molecule has 0 aliphatic carbocycles. The maximum Gasteiger partial charge on any atom is 0.0950 e. The first kappa shape index (κ1) is 19.9. The van der Waals surface area contributed by atoms with Gasteiger partial charge in [0, 0.05) is 37.4 Å². The number of piperazine rings is 1. The van der Waals surface area contributed by atoms with Crippen molar-refractivity contribution in [2.45, 2.75) is 20.3 Å². The predicted molar refractivity (Wildman–Crippen MR) is 120 cm³/mol. The van der Waals surface area contributed by atoms with E-state index in [9.17, 15) is 5.26 Å². The summed E-state index contributed by atoms with van der Waals surface area (Å²) in [6, 6.07) is 15.4. The topological polar surface area (TPSA) is 30.3 Å². The summed E-state index contributed by atoms with van der Waals surface area (Å²) in [6.07, 6.45) is 4.93. The molecule has 3 nitrogen and oxygen atoms in total. The average Bonchev–Trinajstić information content (AvgIpc) is 2.73. The predicted octanol–water partition coefficient (Wildman–Crippen LogP) is 5.41. The molecule has 28 heavy (non-hydrogen) atoms. The van der Waals surface area contributed by atoms with Crippen LogP contribution in [-0.4, -0.2) is 38.1 Å². The van der Waals surface area contributed by atoms with Crippen molar-refractivity contribution < 1.29 is 0 Å². The van der Waals surface area contributed by atoms with Crippen LogP contribution in [0.2, 0.25) is 0 Å². The van der Waals surface area contributed by atoms with E-state index in [2.05, 4.69) is 72.8 Å². The Balaban J connectivity index is 1.93. The van der Waals surface area contributed by atoms with Gasteiger partial charge in [-0.15, -0.1) is 0 Å². The van der Waals surface area contributed by atoms with Gasteiger partial charge >= 0.3 is 0 Å². The summed E-state index contributed by atoms with van der Waals surface area (Å²) in [7, 11) is 2.18. The third kappa shape index (κ3) is 4.52. The van der Waals surface area contributed by atoms with E-state index in [4.69, 9.17) is 0 Å². The van der Waals surface area contributed by atoms with E-state index >= 15 is 0 Å². The van der Waals surface area contributed by atoms with E-state index in [1.54, 1.807) is 0 Å². The summed E-state index contributed by atoms with van der Waals surface area (Å²) < 4.78 is 0. The van der Waals surface area contributed by atoms with Gasteiger partial charge in [-0.1, -0.05) is 49.4 Å². The fraction of sp³-hybridized carbons (Fsp3) is 0.320. The van der Waals surface area contributed by atoms with Gasteiger partial charge in [0.2, 0.25) is 0 Å². The molecule has 144 valence electrons. The smallest absolute Gasteiger partial charge is 0.0950 e. The van der Waals surface area contributed by atoms with Crippen molar-refractivity contribution in [1.82, 2.24) is 4.90 Å². The van der Waals surface area contributed by atoms with Crippen molar-refractivity contribution in [3.05, 3.63) is 71.8 Å². The molecule has 3 heteroatoms. The number of fused-ring (bicyclic) bond motifs is 1. The lowest BCUT2D eigenvalue weighted by molar-refractivity contribution is 0.313. The molecule has 2 aromatic rings. The molecule has 1 saturated heterocycles. The first-order chi connectivity index (χ1) is 13.5. The van der Waals surface area contributed by atoms with Gasteiger partial charge in [-0.3, -0.25) is 0 Å². The molecule has 1 heterocycles. The normalized spacial score (nSPS) is 16.3. The highest BCUT2D eigenvalue weighted by Gasteiger charge is 2.14. The van der Waals surface area contributed by atoms with E-state index in [0.717, 1.165) is 49.3 Å². The van der Waals surface area contributed by atoms with Crippen LogP contribution in [0.1, 0.15) is 25.8 Å². The molecule has 2 aromatic carbocycles. The zero-order chi connectivity index (χ0) is 20.1. The highest BCUT2D eigenvalue weighted by Crippen LogP contribution is 2.28. The second-order valence-corrected chi connectivity index (χ2v) is 7.53. The highest BCUT2D eigenvalue weighted by molar-refractivity contribution is 5.91. The first-order valence-corrected chi connectivity index (χ1v) is 9.96. The van der Waals surface area contributed by atoms with Crippen LogP contribution in [0, 0.1) is 11.3 Å². The van der Waals surface area contributed by atoms with E-state index in [1.165, 1.54) is 16.5 Å². The molecular formula is C25H29N3. The summed E-state index contributed by atoms with van der Waals surface area (Å²) in [4.78, 5) is 4.83. The quantitative estimate of drug-likeness (QED) is 0.520. The monoisotopic (exact) mass is 371 g/mol. The lowest BCUT2D eigenvalue weighted by atomic mass is 9.96. The van der Waals surface area contributed by atoms with Gasteiger partial charge in [-0.05, 0) is 60.5 Å². The van der Waals surface area contributed by atoms with Crippen molar-refractivity contribution in [3.63, 3.8) is 0 Å². The summed E-state index contributed by atoms with van der Waals surface area (Å²) in [5.41, 5.74) is 5.09. The number of nitriles is 1.